The Labute approximate surface area is 114 Å². The van der Waals surface area contributed by atoms with Gasteiger partial charge in [-0.1, -0.05) is 30.7 Å². The van der Waals surface area contributed by atoms with Gasteiger partial charge < -0.3 is 9.42 Å². The Kier molecular flexibility index (Phi) is 3.40. The Morgan fingerprint density at radius 2 is 2.37 bits per heavy atom. The molecule has 102 valence electrons. The summed E-state index contributed by atoms with van der Waals surface area (Å²) in [6.07, 6.45) is 10.3. The van der Waals surface area contributed by atoms with E-state index in [4.69, 9.17) is 4.52 Å². The van der Waals surface area contributed by atoms with Crippen LogP contribution in [0.25, 0.3) is 0 Å². The Morgan fingerprint density at radius 1 is 1.47 bits per heavy atom. The number of likely N-dealkylation sites (tertiary alicyclic amines) is 1. The van der Waals surface area contributed by atoms with Gasteiger partial charge in [-0.25, -0.2) is 0 Å². The third-order valence-corrected chi connectivity index (χ3v) is 4.17. The van der Waals surface area contributed by atoms with Crippen molar-refractivity contribution in [1.29, 1.82) is 0 Å². The minimum atomic E-state index is 0.245. The molecule has 4 heteroatoms. The third-order valence-electron chi connectivity index (χ3n) is 4.17. The number of hydrogen-bond donors (Lipinski definition) is 0. The summed E-state index contributed by atoms with van der Waals surface area (Å²) in [5.41, 5.74) is 1.36. The van der Waals surface area contributed by atoms with Gasteiger partial charge in [-0.3, -0.25) is 0 Å². The lowest BCUT2D eigenvalue weighted by atomic mass is 9.99. The van der Waals surface area contributed by atoms with Crippen LogP contribution in [0.2, 0.25) is 0 Å². The van der Waals surface area contributed by atoms with Gasteiger partial charge >= 0.3 is 0 Å². The zero-order chi connectivity index (χ0) is 13.2. The minimum absolute atomic E-state index is 0.245. The van der Waals surface area contributed by atoms with Crippen molar-refractivity contribution in [2.45, 2.75) is 39.0 Å². The van der Waals surface area contributed by atoms with Crippen LogP contribution in [0.5, 0.6) is 0 Å². The van der Waals surface area contributed by atoms with Gasteiger partial charge in [0.25, 0.3) is 0 Å². The first kappa shape index (κ1) is 12.5. The summed E-state index contributed by atoms with van der Waals surface area (Å²) in [5, 5.41) is 3.86. The van der Waals surface area contributed by atoms with E-state index in [9.17, 15) is 0 Å². The molecular weight excluding hydrogens is 238 g/mol. The van der Waals surface area contributed by atoms with Crippen LogP contribution in [0.4, 0.5) is 0 Å². The molecule has 1 aliphatic heterocycles. The molecule has 0 spiro atoms. The highest BCUT2D eigenvalue weighted by Gasteiger charge is 2.24. The fraction of sp³-hybridized carbons (Fsp3) is 0.600. The number of nitrogens with zero attached hydrogens (tertiary/aromatic N) is 3. The molecule has 0 radical (unpaired) electrons. The van der Waals surface area contributed by atoms with Gasteiger partial charge in [0.1, 0.15) is 0 Å². The topological polar surface area (TPSA) is 42.2 Å². The van der Waals surface area contributed by atoms with E-state index in [2.05, 4.69) is 40.2 Å². The lowest BCUT2D eigenvalue weighted by Crippen LogP contribution is -2.20. The molecule has 4 nitrogen and oxygen atoms in total. The van der Waals surface area contributed by atoms with Gasteiger partial charge in [-0.2, -0.15) is 4.98 Å². The van der Waals surface area contributed by atoms with Crippen molar-refractivity contribution in [3.63, 3.8) is 0 Å². The molecule has 3 rings (SSSR count). The van der Waals surface area contributed by atoms with Gasteiger partial charge in [0.2, 0.25) is 5.89 Å². The molecule has 0 N–H and O–H groups in total. The van der Waals surface area contributed by atoms with Crippen molar-refractivity contribution in [2.75, 3.05) is 13.1 Å². The van der Waals surface area contributed by atoms with Crippen LogP contribution in [0.1, 0.15) is 43.8 Å². The second-order valence-corrected chi connectivity index (χ2v) is 5.52. The van der Waals surface area contributed by atoms with E-state index in [1.807, 2.05) is 6.92 Å². The van der Waals surface area contributed by atoms with Gasteiger partial charge in [0, 0.05) is 18.8 Å². The first-order chi connectivity index (χ1) is 9.26. The van der Waals surface area contributed by atoms with Crippen molar-refractivity contribution < 1.29 is 4.52 Å². The highest BCUT2D eigenvalue weighted by Crippen LogP contribution is 2.30. The standard InChI is InChI=1S/C15H21N3O/c1-3-12-8-9-18(10-12)14-6-4-13(5-7-14)15-16-11(2)17-19-15/h4,6-7,12-13H,3,5,8-10H2,1-2H3/t12-,13?/m0/s1. The second kappa shape index (κ2) is 5.19. The predicted molar refractivity (Wildman–Crippen MR) is 73.6 cm³/mol. The number of aromatic nitrogens is 2. The SMILES string of the molecule is CC[C@H]1CCN(C2=CCC(c3nc(C)no3)C=C2)C1. The molecule has 1 unspecified atom stereocenters. The molecule has 2 atom stereocenters. The maximum atomic E-state index is 5.24. The van der Waals surface area contributed by atoms with Crippen LogP contribution < -0.4 is 0 Å². The van der Waals surface area contributed by atoms with E-state index < -0.39 is 0 Å². The Morgan fingerprint density at radius 3 is 2.95 bits per heavy atom. The van der Waals surface area contributed by atoms with Crippen LogP contribution >= 0.6 is 0 Å². The molecule has 1 saturated heterocycles. The molecule has 1 aromatic rings. The molecule has 2 aliphatic rings. The summed E-state index contributed by atoms with van der Waals surface area (Å²) in [5.74, 6) is 2.56. The van der Waals surface area contributed by atoms with E-state index >= 15 is 0 Å². The average molecular weight is 259 g/mol. The minimum Gasteiger partial charge on any atom is -0.372 e. The maximum Gasteiger partial charge on any atom is 0.233 e. The Balaban J connectivity index is 1.63. The molecule has 1 aromatic heterocycles. The van der Waals surface area contributed by atoms with E-state index in [1.54, 1.807) is 0 Å². The van der Waals surface area contributed by atoms with Crippen molar-refractivity contribution in [2.24, 2.45) is 5.92 Å². The van der Waals surface area contributed by atoms with Crippen LogP contribution in [0.15, 0.2) is 28.4 Å². The summed E-state index contributed by atoms with van der Waals surface area (Å²) < 4.78 is 5.24. The maximum absolute atomic E-state index is 5.24. The lowest BCUT2D eigenvalue weighted by molar-refractivity contribution is 0.361. The van der Waals surface area contributed by atoms with Crippen molar-refractivity contribution in [3.05, 3.63) is 35.6 Å². The fourth-order valence-corrected chi connectivity index (χ4v) is 2.89. The zero-order valence-electron chi connectivity index (χ0n) is 11.7. The molecule has 2 heterocycles. The van der Waals surface area contributed by atoms with Crippen LogP contribution in [-0.2, 0) is 0 Å². The second-order valence-electron chi connectivity index (χ2n) is 5.52. The summed E-state index contributed by atoms with van der Waals surface area (Å²) >= 11 is 0. The highest BCUT2D eigenvalue weighted by atomic mass is 16.5. The molecule has 0 aromatic carbocycles. The van der Waals surface area contributed by atoms with Crippen LogP contribution in [0.3, 0.4) is 0 Å². The van der Waals surface area contributed by atoms with Crippen LogP contribution in [-0.4, -0.2) is 28.1 Å². The normalized spacial score (nSPS) is 26.8. The summed E-state index contributed by atoms with van der Waals surface area (Å²) in [6.45, 7) is 6.54. The predicted octanol–water partition coefficient (Wildman–Crippen LogP) is 3.04. The van der Waals surface area contributed by atoms with E-state index in [-0.39, 0.29) is 5.92 Å². The Hall–Kier alpha value is -1.58. The molecule has 0 saturated carbocycles. The first-order valence-electron chi connectivity index (χ1n) is 7.19. The molecule has 1 aliphatic carbocycles. The summed E-state index contributed by atoms with van der Waals surface area (Å²) in [4.78, 5) is 6.81. The molecule has 19 heavy (non-hydrogen) atoms. The van der Waals surface area contributed by atoms with Crippen molar-refractivity contribution in [1.82, 2.24) is 15.0 Å². The largest absolute Gasteiger partial charge is 0.372 e. The molecular formula is C15H21N3O. The summed E-state index contributed by atoms with van der Waals surface area (Å²) in [7, 11) is 0. The highest BCUT2D eigenvalue weighted by molar-refractivity contribution is 5.27. The van der Waals surface area contributed by atoms with Gasteiger partial charge in [0.15, 0.2) is 5.82 Å². The van der Waals surface area contributed by atoms with Crippen LogP contribution in [0, 0.1) is 12.8 Å². The molecule has 1 fully saturated rings. The smallest absolute Gasteiger partial charge is 0.233 e. The van der Waals surface area contributed by atoms with Gasteiger partial charge in [0.05, 0.1) is 5.92 Å². The number of rotatable bonds is 3. The monoisotopic (exact) mass is 259 g/mol. The fourth-order valence-electron chi connectivity index (χ4n) is 2.89. The van der Waals surface area contributed by atoms with Gasteiger partial charge in [-0.05, 0) is 31.8 Å². The quantitative estimate of drug-likeness (QED) is 0.836. The third kappa shape index (κ3) is 2.57. The van der Waals surface area contributed by atoms with Crippen molar-refractivity contribution in [3.8, 4) is 0 Å². The lowest BCUT2D eigenvalue weighted by Gasteiger charge is -2.23. The van der Waals surface area contributed by atoms with E-state index in [0.717, 1.165) is 18.2 Å². The van der Waals surface area contributed by atoms with E-state index in [1.165, 1.54) is 31.6 Å². The molecule has 0 bridgehead atoms. The molecule has 0 amide bonds. The summed E-state index contributed by atoms with van der Waals surface area (Å²) in [6, 6.07) is 0. The van der Waals surface area contributed by atoms with E-state index in [0.29, 0.717) is 5.82 Å². The first-order valence-corrected chi connectivity index (χ1v) is 7.19. The Bertz CT molecular complexity index is 503. The number of aryl methyl sites for hydroxylation is 1. The van der Waals surface area contributed by atoms with Gasteiger partial charge in [-0.15, -0.1) is 0 Å². The van der Waals surface area contributed by atoms with Crippen molar-refractivity contribution >= 4 is 0 Å². The zero-order valence-corrected chi connectivity index (χ0v) is 11.7. The average Bonchev–Trinajstić information content (AvgIpc) is 3.07. The number of allylic oxidation sites excluding steroid dienone is 3. The number of hydrogen-bond acceptors (Lipinski definition) is 4.